The Bertz CT molecular complexity index is 927. The molecule has 27 heavy (non-hydrogen) atoms. The molecule has 0 radical (unpaired) electrons. The van der Waals surface area contributed by atoms with Crippen molar-refractivity contribution in [1.29, 1.82) is 0 Å². The number of carbonyl (C=O) groups is 2. The fraction of sp³-hybridized carbons (Fsp3) is 0.222. The van der Waals surface area contributed by atoms with Crippen molar-refractivity contribution in [2.75, 3.05) is 32.3 Å². The first kappa shape index (κ1) is 20.9. The highest BCUT2D eigenvalue weighted by atomic mass is 32.2. The zero-order valence-corrected chi connectivity index (χ0v) is 16.8. The van der Waals surface area contributed by atoms with E-state index in [0.29, 0.717) is 0 Å². The van der Waals surface area contributed by atoms with Crippen LogP contribution >= 0.6 is 11.8 Å². The van der Waals surface area contributed by atoms with Crippen molar-refractivity contribution in [3.05, 3.63) is 54.1 Å². The van der Waals surface area contributed by atoms with Crippen LogP contribution < -0.4 is 5.32 Å². The summed E-state index contributed by atoms with van der Waals surface area (Å²) in [6.07, 6.45) is 1.89. The van der Waals surface area contributed by atoms with Crippen LogP contribution in [0.3, 0.4) is 0 Å². The number of nitrogens with zero attached hydrogens (tertiary/aromatic N) is 1. The molecule has 0 fully saturated rings. The number of amides is 1. The van der Waals surface area contributed by atoms with Gasteiger partial charge in [-0.1, -0.05) is 12.1 Å². The lowest BCUT2D eigenvalue weighted by Gasteiger charge is -2.17. The third-order valence-electron chi connectivity index (χ3n) is 3.74. The van der Waals surface area contributed by atoms with E-state index in [2.05, 4.69) is 10.1 Å². The number of hydrogen-bond acceptors (Lipinski definition) is 6. The second kappa shape index (κ2) is 9.03. The lowest BCUT2D eigenvalue weighted by Crippen LogP contribution is -2.35. The number of ether oxygens (including phenoxy) is 1. The zero-order valence-electron chi connectivity index (χ0n) is 15.1. The molecule has 0 unspecified atom stereocenters. The Morgan fingerprint density at radius 1 is 1.11 bits per heavy atom. The predicted octanol–water partition coefficient (Wildman–Crippen LogP) is 2.45. The van der Waals surface area contributed by atoms with Crippen LogP contribution in [-0.2, 0) is 19.6 Å². The van der Waals surface area contributed by atoms with Crippen LogP contribution in [0.25, 0.3) is 0 Å². The van der Waals surface area contributed by atoms with Crippen molar-refractivity contribution in [2.45, 2.75) is 9.79 Å². The number of carbonyl (C=O) groups excluding carboxylic acids is 2. The number of hydrogen-bond donors (Lipinski definition) is 1. The fourth-order valence-corrected chi connectivity index (χ4v) is 3.82. The molecule has 0 aliphatic heterocycles. The first-order valence-electron chi connectivity index (χ1n) is 7.87. The first-order chi connectivity index (χ1) is 12.8. The molecular weight excluding hydrogens is 388 g/mol. The molecule has 0 aliphatic carbocycles. The molecule has 1 amide bonds. The summed E-state index contributed by atoms with van der Waals surface area (Å²) in [6, 6.07) is 12.8. The molecule has 0 aliphatic rings. The molecule has 1 N–H and O–H groups in total. The normalized spacial score (nSPS) is 11.3. The van der Waals surface area contributed by atoms with Crippen molar-refractivity contribution in [2.24, 2.45) is 0 Å². The number of benzene rings is 2. The highest BCUT2D eigenvalue weighted by molar-refractivity contribution is 7.98. The van der Waals surface area contributed by atoms with Gasteiger partial charge in [0.05, 0.1) is 29.8 Å². The number of anilines is 1. The number of para-hydroxylation sites is 1. The number of esters is 1. The number of likely N-dealkylation sites (N-methyl/N-ethyl adjacent to an activating group) is 1. The van der Waals surface area contributed by atoms with Gasteiger partial charge in [-0.15, -0.1) is 11.8 Å². The first-order valence-corrected chi connectivity index (χ1v) is 10.5. The Morgan fingerprint density at radius 2 is 1.74 bits per heavy atom. The second-order valence-electron chi connectivity index (χ2n) is 5.52. The van der Waals surface area contributed by atoms with Crippen molar-refractivity contribution in [3.63, 3.8) is 0 Å². The van der Waals surface area contributed by atoms with E-state index < -0.39 is 28.4 Å². The van der Waals surface area contributed by atoms with Crippen LogP contribution in [0.1, 0.15) is 10.4 Å². The molecule has 2 aromatic rings. The molecule has 9 heteroatoms. The average molecular weight is 409 g/mol. The standard InChI is InChI=1S/C18H20N2O5S2/c1-20(27(23,24)14-10-8-13(26-3)9-11-14)12-17(21)19-16-7-5-4-6-15(16)18(22)25-2/h4-11H,12H2,1-3H3,(H,19,21). The van der Waals surface area contributed by atoms with E-state index in [-0.39, 0.29) is 16.1 Å². The molecule has 2 rings (SSSR count). The minimum Gasteiger partial charge on any atom is -0.465 e. The van der Waals surface area contributed by atoms with E-state index in [0.717, 1.165) is 9.20 Å². The summed E-state index contributed by atoms with van der Waals surface area (Å²) in [6.45, 7) is -0.401. The maximum absolute atomic E-state index is 12.6. The number of nitrogens with one attached hydrogen (secondary N) is 1. The molecule has 0 atom stereocenters. The summed E-state index contributed by atoms with van der Waals surface area (Å²) in [5, 5.41) is 2.55. The van der Waals surface area contributed by atoms with Gasteiger partial charge in [0.15, 0.2) is 0 Å². The zero-order chi connectivity index (χ0) is 20.0. The quantitative estimate of drug-likeness (QED) is 0.559. The van der Waals surface area contributed by atoms with E-state index in [4.69, 9.17) is 0 Å². The minimum atomic E-state index is -3.81. The third-order valence-corrected chi connectivity index (χ3v) is 6.30. The Balaban J connectivity index is 2.12. The van der Waals surface area contributed by atoms with Gasteiger partial charge in [-0.3, -0.25) is 4.79 Å². The summed E-state index contributed by atoms with van der Waals surface area (Å²) in [5.74, 6) is -1.17. The van der Waals surface area contributed by atoms with Crippen LogP contribution in [-0.4, -0.2) is 51.6 Å². The molecular formula is C18H20N2O5S2. The molecule has 2 aromatic carbocycles. The van der Waals surface area contributed by atoms with Crippen molar-refractivity contribution in [1.82, 2.24) is 4.31 Å². The second-order valence-corrected chi connectivity index (χ2v) is 8.45. The molecule has 7 nitrogen and oxygen atoms in total. The Hall–Kier alpha value is -2.36. The monoisotopic (exact) mass is 408 g/mol. The minimum absolute atomic E-state index is 0.102. The van der Waals surface area contributed by atoms with Crippen LogP contribution in [0.4, 0.5) is 5.69 Å². The van der Waals surface area contributed by atoms with Gasteiger partial charge in [0.25, 0.3) is 0 Å². The summed E-state index contributed by atoms with van der Waals surface area (Å²) in [5.41, 5.74) is 0.441. The highest BCUT2D eigenvalue weighted by Crippen LogP contribution is 2.20. The Labute approximate surface area is 162 Å². The van der Waals surface area contributed by atoms with Crippen molar-refractivity contribution < 1.29 is 22.7 Å². The topological polar surface area (TPSA) is 92.8 Å². The smallest absolute Gasteiger partial charge is 0.339 e. The number of thioether (sulfide) groups is 1. The summed E-state index contributed by atoms with van der Waals surface area (Å²) < 4.78 is 30.8. The van der Waals surface area contributed by atoms with Gasteiger partial charge in [-0.25, -0.2) is 13.2 Å². The van der Waals surface area contributed by atoms with Crippen LogP contribution in [0.5, 0.6) is 0 Å². The summed E-state index contributed by atoms with van der Waals surface area (Å²) >= 11 is 1.50. The Kier molecular flexibility index (Phi) is 7.00. The van der Waals surface area contributed by atoms with Gasteiger partial charge in [0, 0.05) is 11.9 Å². The Morgan fingerprint density at radius 3 is 2.33 bits per heavy atom. The van der Waals surface area contributed by atoms with Crippen molar-refractivity contribution in [3.8, 4) is 0 Å². The number of methoxy groups -OCH3 is 1. The number of sulfonamides is 1. The third kappa shape index (κ3) is 5.09. The fourth-order valence-electron chi connectivity index (χ4n) is 2.28. The predicted molar refractivity (Wildman–Crippen MR) is 104 cm³/mol. The van der Waals surface area contributed by atoms with Crippen LogP contribution in [0, 0.1) is 0 Å². The van der Waals surface area contributed by atoms with E-state index >= 15 is 0 Å². The van der Waals surface area contributed by atoms with E-state index in [9.17, 15) is 18.0 Å². The summed E-state index contributed by atoms with van der Waals surface area (Å²) in [4.78, 5) is 25.1. The molecule has 144 valence electrons. The molecule has 0 bridgehead atoms. The highest BCUT2D eigenvalue weighted by Gasteiger charge is 2.23. The van der Waals surface area contributed by atoms with Gasteiger partial charge < -0.3 is 10.1 Å². The average Bonchev–Trinajstić information content (AvgIpc) is 2.67. The van der Waals surface area contributed by atoms with Gasteiger partial charge in [-0.2, -0.15) is 4.31 Å². The lowest BCUT2D eigenvalue weighted by molar-refractivity contribution is -0.116. The van der Waals surface area contributed by atoms with Gasteiger partial charge in [-0.05, 0) is 42.7 Å². The van der Waals surface area contributed by atoms with Crippen LogP contribution in [0.15, 0.2) is 58.3 Å². The SMILES string of the molecule is COC(=O)c1ccccc1NC(=O)CN(C)S(=O)(=O)c1ccc(SC)cc1. The van der Waals surface area contributed by atoms with Crippen molar-refractivity contribution >= 4 is 39.3 Å². The van der Waals surface area contributed by atoms with E-state index in [1.165, 1.54) is 44.1 Å². The largest absolute Gasteiger partial charge is 0.465 e. The number of rotatable bonds is 7. The molecule has 0 spiro atoms. The summed E-state index contributed by atoms with van der Waals surface area (Å²) in [7, 11) is -1.25. The van der Waals surface area contributed by atoms with E-state index in [1.54, 1.807) is 30.3 Å². The van der Waals surface area contributed by atoms with E-state index in [1.807, 2.05) is 6.26 Å². The molecule has 0 heterocycles. The maximum Gasteiger partial charge on any atom is 0.339 e. The van der Waals surface area contributed by atoms with Gasteiger partial charge in [0.1, 0.15) is 0 Å². The lowest BCUT2D eigenvalue weighted by atomic mass is 10.2. The molecule has 0 saturated carbocycles. The van der Waals surface area contributed by atoms with Crippen LogP contribution in [0.2, 0.25) is 0 Å². The molecule has 0 saturated heterocycles. The maximum atomic E-state index is 12.6. The molecule has 0 aromatic heterocycles. The van der Waals surface area contributed by atoms with Gasteiger partial charge >= 0.3 is 5.97 Å². The van der Waals surface area contributed by atoms with Gasteiger partial charge in [0.2, 0.25) is 15.9 Å².